The van der Waals surface area contributed by atoms with E-state index >= 15 is 0 Å². The Morgan fingerprint density at radius 2 is 2.12 bits per heavy atom. The van der Waals surface area contributed by atoms with E-state index in [1.54, 1.807) is 18.3 Å². The Morgan fingerprint density at radius 1 is 1.24 bits per heavy atom. The summed E-state index contributed by atoms with van der Waals surface area (Å²) < 4.78 is 0. The van der Waals surface area contributed by atoms with Crippen molar-refractivity contribution in [2.45, 2.75) is 0 Å². The fourth-order valence-electron chi connectivity index (χ4n) is 1.89. The number of nitrogens with one attached hydrogen (secondary N) is 2. The zero-order valence-electron chi connectivity index (χ0n) is 8.77. The molecule has 0 aliphatic rings. The molecule has 5 heteroatoms. The molecular formula is C12H9N3O2. The Labute approximate surface area is 96.1 Å². The lowest BCUT2D eigenvalue weighted by molar-refractivity contribution is 0.0699. The van der Waals surface area contributed by atoms with Gasteiger partial charge in [-0.05, 0) is 24.3 Å². The van der Waals surface area contributed by atoms with Crippen LogP contribution in [-0.4, -0.2) is 26.3 Å². The van der Waals surface area contributed by atoms with Crippen LogP contribution in [0.1, 0.15) is 10.4 Å². The maximum absolute atomic E-state index is 11.1. The average molecular weight is 227 g/mol. The SMILES string of the molecule is O=C(O)c1cccc2[nH]c(-c3ccn[nH]3)cc12. The Bertz CT molecular complexity index is 683. The minimum Gasteiger partial charge on any atom is -0.478 e. The molecule has 0 saturated carbocycles. The van der Waals surface area contributed by atoms with Crippen LogP contribution in [0.3, 0.4) is 0 Å². The molecule has 84 valence electrons. The first-order valence-corrected chi connectivity index (χ1v) is 5.10. The standard InChI is InChI=1S/C12H9N3O2/c16-12(17)7-2-1-3-9-8(7)6-11(14-9)10-4-5-13-15-10/h1-6,14H,(H,13,15)(H,16,17). The number of hydrogen-bond acceptors (Lipinski definition) is 2. The van der Waals surface area contributed by atoms with Crippen molar-refractivity contribution in [3.8, 4) is 11.4 Å². The van der Waals surface area contributed by atoms with E-state index in [1.807, 2.05) is 18.2 Å². The maximum Gasteiger partial charge on any atom is 0.336 e. The van der Waals surface area contributed by atoms with E-state index in [-0.39, 0.29) is 0 Å². The van der Waals surface area contributed by atoms with Crippen LogP contribution in [0.4, 0.5) is 0 Å². The number of H-pyrrole nitrogens is 2. The molecule has 0 unspecified atom stereocenters. The first kappa shape index (κ1) is 9.65. The Kier molecular flexibility index (Phi) is 1.98. The molecule has 17 heavy (non-hydrogen) atoms. The van der Waals surface area contributed by atoms with Crippen molar-refractivity contribution in [2.75, 3.05) is 0 Å². The maximum atomic E-state index is 11.1. The number of carbonyl (C=O) groups is 1. The topological polar surface area (TPSA) is 81.8 Å². The highest BCUT2D eigenvalue weighted by Gasteiger charge is 2.11. The largest absolute Gasteiger partial charge is 0.478 e. The lowest BCUT2D eigenvalue weighted by Gasteiger charge is -1.94. The molecule has 0 fully saturated rings. The van der Waals surface area contributed by atoms with Gasteiger partial charge in [0.1, 0.15) is 0 Å². The monoisotopic (exact) mass is 227 g/mol. The predicted molar refractivity (Wildman–Crippen MR) is 62.8 cm³/mol. The Morgan fingerprint density at radius 3 is 2.82 bits per heavy atom. The summed E-state index contributed by atoms with van der Waals surface area (Å²) in [6.45, 7) is 0. The number of carboxylic acids is 1. The number of hydrogen-bond donors (Lipinski definition) is 3. The molecular weight excluding hydrogens is 218 g/mol. The summed E-state index contributed by atoms with van der Waals surface area (Å²) in [4.78, 5) is 14.2. The van der Waals surface area contributed by atoms with E-state index in [9.17, 15) is 4.79 Å². The van der Waals surface area contributed by atoms with E-state index in [0.29, 0.717) is 10.9 Å². The number of carboxylic acid groups (broad SMARTS) is 1. The molecule has 3 N–H and O–H groups in total. The normalized spacial score (nSPS) is 10.8. The summed E-state index contributed by atoms with van der Waals surface area (Å²) >= 11 is 0. The molecule has 0 aliphatic carbocycles. The second-order valence-electron chi connectivity index (χ2n) is 3.73. The van der Waals surface area contributed by atoms with Crippen LogP contribution in [0.5, 0.6) is 0 Å². The van der Waals surface area contributed by atoms with Gasteiger partial charge in [0.15, 0.2) is 0 Å². The van der Waals surface area contributed by atoms with Gasteiger partial charge in [-0.3, -0.25) is 5.10 Å². The molecule has 2 aromatic heterocycles. The van der Waals surface area contributed by atoms with E-state index in [1.165, 1.54) is 0 Å². The predicted octanol–water partition coefficient (Wildman–Crippen LogP) is 2.26. The van der Waals surface area contributed by atoms with Crippen LogP contribution in [0, 0.1) is 0 Å². The quantitative estimate of drug-likeness (QED) is 0.628. The van der Waals surface area contributed by atoms with Gasteiger partial charge >= 0.3 is 5.97 Å². The van der Waals surface area contributed by atoms with Crippen LogP contribution in [0.15, 0.2) is 36.5 Å². The summed E-state index contributed by atoms with van der Waals surface area (Å²) in [6.07, 6.45) is 1.65. The molecule has 0 saturated heterocycles. The summed E-state index contributed by atoms with van der Waals surface area (Å²) in [7, 11) is 0. The molecule has 0 bridgehead atoms. The van der Waals surface area contributed by atoms with E-state index < -0.39 is 5.97 Å². The third-order valence-electron chi connectivity index (χ3n) is 2.69. The molecule has 0 atom stereocenters. The number of benzene rings is 1. The van der Waals surface area contributed by atoms with Gasteiger partial charge in [-0.1, -0.05) is 6.07 Å². The minimum absolute atomic E-state index is 0.296. The molecule has 3 rings (SSSR count). The molecule has 0 aliphatic heterocycles. The fraction of sp³-hybridized carbons (Fsp3) is 0. The molecule has 0 spiro atoms. The minimum atomic E-state index is -0.925. The summed E-state index contributed by atoms with van der Waals surface area (Å²) in [5, 5.41) is 16.5. The molecule has 5 nitrogen and oxygen atoms in total. The smallest absolute Gasteiger partial charge is 0.336 e. The zero-order valence-corrected chi connectivity index (χ0v) is 8.77. The van der Waals surface area contributed by atoms with Gasteiger partial charge in [-0.25, -0.2) is 4.79 Å². The van der Waals surface area contributed by atoms with Crippen molar-refractivity contribution < 1.29 is 9.90 Å². The van der Waals surface area contributed by atoms with E-state index in [4.69, 9.17) is 5.11 Å². The third kappa shape index (κ3) is 1.48. The second-order valence-corrected chi connectivity index (χ2v) is 3.73. The number of fused-ring (bicyclic) bond motifs is 1. The van der Waals surface area contributed by atoms with Crippen LogP contribution in [0.2, 0.25) is 0 Å². The highest BCUT2D eigenvalue weighted by atomic mass is 16.4. The van der Waals surface area contributed by atoms with Gasteiger partial charge in [0.2, 0.25) is 0 Å². The highest BCUT2D eigenvalue weighted by molar-refractivity contribution is 6.04. The van der Waals surface area contributed by atoms with Crippen molar-refractivity contribution >= 4 is 16.9 Å². The number of rotatable bonds is 2. The van der Waals surface area contributed by atoms with E-state index in [0.717, 1.165) is 16.9 Å². The first-order valence-electron chi connectivity index (χ1n) is 5.10. The summed E-state index contributed by atoms with van der Waals surface area (Å²) in [6, 6.07) is 8.80. The molecule has 0 amide bonds. The highest BCUT2D eigenvalue weighted by Crippen LogP contribution is 2.25. The van der Waals surface area contributed by atoms with Crippen LogP contribution >= 0.6 is 0 Å². The number of aromatic nitrogens is 3. The lowest BCUT2D eigenvalue weighted by Crippen LogP contribution is -1.95. The first-order chi connectivity index (χ1) is 8.25. The van der Waals surface area contributed by atoms with Gasteiger partial charge in [0, 0.05) is 17.1 Å². The number of aromatic carboxylic acids is 1. The third-order valence-corrected chi connectivity index (χ3v) is 2.69. The van der Waals surface area contributed by atoms with Gasteiger partial charge in [0.05, 0.1) is 17.0 Å². The average Bonchev–Trinajstić information content (AvgIpc) is 2.96. The molecule has 3 aromatic rings. The fourth-order valence-corrected chi connectivity index (χ4v) is 1.89. The van der Waals surface area contributed by atoms with Crippen molar-refractivity contribution in [2.24, 2.45) is 0 Å². The summed E-state index contributed by atoms with van der Waals surface area (Å²) in [5.74, 6) is -0.925. The number of aromatic amines is 2. The second kappa shape index (κ2) is 3.48. The van der Waals surface area contributed by atoms with Crippen molar-refractivity contribution in [1.82, 2.24) is 15.2 Å². The van der Waals surface area contributed by atoms with E-state index in [2.05, 4.69) is 15.2 Å². The Hall–Kier alpha value is -2.56. The van der Waals surface area contributed by atoms with Crippen LogP contribution in [-0.2, 0) is 0 Å². The summed E-state index contributed by atoms with van der Waals surface area (Å²) in [5.41, 5.74) is 2.75. The van der Waals surface area contributed by atoms with Gasteiger partial charge in [-0.15, -0.1) is 0 Å². The molecule has 2 heterocycles. The number of nitrogens with zero attached hydrogens (tertiary/aromatic N) is 1. The molecule has 1 aromatic carbocycles. The van der Waals surface area contributed by atoms with Gasteiger partial charge in [-0.2, -0.15) is 5.10 Å². The van der Waals surface area contributed by atoms with Gasteiger partial charge in [0.25, 0.3) is 0 Å². The van der Waals surface area contributed by atoms with Crippen LogP contribution < -0.4 is 0 Å². The van der Waals surface area contributed by atoms with Crippen LogP contribution in [0.25, 0.3) is 22.3 Å². The zero-order chi connectivity index (χ0) is 11.8. The lowest BCUT2D eigenvalue weighted by atomic mass is 10.1. The van der Waals surface area contributed by atoms with Crippen molar-refractivity contribution in [3.05, 3.63) is 42.1 Å². The van der Waals surface area contributed by atoms with Gasteiger partial charge < -0.3 is 10.1 Å². The Balaban J connectivity index is 2.26. The van der Waals surface area contributed by atoms with Crippen molar-refractivity contribution in [3.63, 3.8) is 0 Å². The van der Waals surface area contributed by atoms with Crippen molar-refractivity contribution in [1.29, 1.82) is 0 Å². The molecule has 0 radical (unpaired) electrons.